The zero-order valence-corrected chi connectivity index (χ0v) is 18.8. The number of carbonyl (C=O) groups excluding carboxylic acids is 2. The molecule has 2 amide bonds. The number of carbonyl (C=O) groups is 2. The normalized spacial score (nSPS) is 15.7. The first-order valence-corrected chi connectivity index (χ1v) is 10.5. The van der Waals surface area contributed by atoms with Crippen LogP contribution in [-0.2, 0) is 18.3 Å². The molecule has 3 aromatic rings. The molecule has 1 N–H and O–H groups in total. The standard InChI is InChI=1S/C25H22F2N4O3/c1-14-10-21(27)19(18-8-9-28-31(3)24(18)33)11-16(14)12-22(32)20-13-30(2)25(34)29-23(20)15-4-6-17(26)7-5-15/h4-11,13,23H,12H2,1-3H3,(H,29,34)/t23-/m0/s1. The number of aryl methyl sites for hydroxylation is 2. The summed E-state index contributed by atoms with van der Waals surface area (Å²) in [5.74, 6) is -1.31. The number of rotatable bonds is 5. The van der Waals surface area contributed by atoms with Crippen LogP contribution in [0.1, 0.15) is 22.7 Å². The van der Waals surface area contributed by atoms with Crippen LogP contribution in [0.3, 0.4) is 0 Å². The lowest BCUT2D eigenvalue weighted by atomic mass is 9.90. The molecule has 174 valence electrons. The fraction of sp³-hybridized carbons (Fsp3) is 0.200. The van der Waals surface area contributed by atoms with Gasteiger partial charge >= 0.3 is 6.03 Å². The molecule has 2 heterocycles. The van der Waals surface area contributed by atoms with Crippen LogP contribution < -0.4 is 10.9 Å². The number of ketones is 1. The van der Waals surface area contributed by atoms with Gasteiger partial charge in [0, 0.05) is 44.0 Å². The minimum Gasteiger partial charge on any atom is -0.327 e. The van der Waals surface area contributed by atoms with Crippen LogP contribution in [0.2, 0.25) is 0 Å². The quantitative estimate of drug-likeness (QED) is 0.627. The fourth-order valence-corrected chi connectivity index (χ4v) is 3.90. The Bertz CT molecular complexity index is 1380. The molecule has 0 fully saturated rings. The van der Waals surface area contributed by atoms with Gasteiger partial charge in [-0.05, 0) is 53.9 Å². The Balaban J connectivity index is 1.71. The Morgan fingerprint density at radius 2 is 1.76 bits per heavy atom. The van der Waals surface area contributed by atoms with Crippen molar-refractivity contribution in [3.8, 4) is 11.1 Å². The Hall–Kier alpha value is -4.14. The minimum absolute atomic E-state index is 0.0783. The van der Waals surface area contributed by atoms with Crippen molar-refractivity contribution in [3.63, 3.8) is 0 Å². The van der Waals surface area contributed by atoms with Crippen molar-refractivity contribution in [1.82, 2.24) is 20.0 Å². The van der Waals surface area contributed by atoms with E-state index in [0.29, 0.717) is 22.3 Å². The highest BCUT2D eigenvalue weighted by Gasteiger charge is 2.30. The number of aromatic nitrogens is 2. The summed E-state index contributed by atoms with van der Waals surface area (Å²) in [7, 11) is 2.99. The number of urea groups is 1. The zero-order valence-electron chi connectivity index (χ0n) is 18.8. The summed E-state index contributed by atoms with van der Waals surface area (Å²) in [6, 6.07) is 8.59. The highest BCUT2D eigenvalue weighted by molar-refractivity contribution is 6.00. The Labute approximate surface area is 194 Å². The summed E-state index contributed by atoms with van der Waals surface area (Å²) < 4.78 is 29.3. The van der Waals surface area contributed by atoms with Crippen molar-refractivity contribution in [2.45, 2.75) is 19.4 Å². The SMILES string of the molecule is Cc1cc(F)c(-c2ccnn(C)c2=O)cc1CC(=O)C1=CN(C)C(=O)N[C@H]1c1ccc(F)cc1. The molecule has 2 aromatic carbocycles. The molecule has 1 aliphatic heterocycles. The number of benzene rings is 2. The van der Waals surface area contributed by atoms with Crippen molar-refractivity contribution < 1.29 is 18.4 Å². The van der Waals surface area contributed by atoms with Crippen LogP contribution in [0, 0.1) is 18.6 Å². The highest BCUT2D eigenvalue weighted by Crippen LogP contribution is 2.29. The van der Waals surface area contributed by atoms with Gasteiger partial charge in [0.05, 0.1) is 11.6 Å². The largest absolute Gasteiger partial charge is 0.327 e. The lowest BCUT2D eigenvalue weighted by Gasteiger charge is -2.30. The van der Waals surface area contributed by atoms with Gasteiger partial charge in [-0.2, -0.15) is 5.10 Å². The average molecular weight is 464 g/mol. The van der Waals surface area contributed by atoms with E-state index in [1.807, 2.05) is 0 Å². The molecule has 0 saturated heterocycles. The summed E-state index contributed by atoms with van der Waals surface area (Å²) in [5.41, 5.74) is 1.70. The predicted molar refractivity (Wildman–Crippen MR) is 122 cm³/mol. The third-order valence-electron chi connectivity index (χ3n) is 5.83. The smallest absolute Gasteiger partial charge is 0.321 e. The number of halogens is 2. The van der Waals surface area contributed by atoms with E-state index in [1.54, 1.807) is 6.92 Å². The topological polar surface area (TPSA) is 84.3 Å². The van der Waals surface area contributed by atoms with E-state index in [9.17, 15) is 23.2 Å². The number of nitrogens with one attached hydrogen (secondary N) is 1. The summed E-state index contributed by atoms with van der Waals surface area (Å²) in [6.07, 6.45) is 2.77. The Morgan fingerprint density at radius 1 is 1.06 bits per heavy atom. The van der Waals surface area contributed by atoms with E-state index in [2.05, 4.69) is 10.4 Å². The van der Waals surface area contributed by atoms with Crippen LogP contribution >= 0.6 is 0 Å². The van der Waals surface area contributed by atoms with Gasteiger partial charge in [0.2, 0.25) is 0 Å². The first-order chi connectivity index (χ1) is 16.2. The molecule has 0 aliphatic carbocycles. The summed E-state index contributed by atoms with van der Waals surface area (Å²) >= 11 is 0. The molecule has 34 heavy (non-hydrogen) atoms. The molecular formula is C25H22F2N4O3. The lowest BCUT2D eigenvalue weighted by molar-refractivity contribution is -0.115. The van der Waals surface area contributed by atoms with Gasteiger partial charge in [0.15, 0.2) is 5.78 Å². The molecule has 9 heteroatoms. The van der Waals surface area contributed by atoms with Crippen LogP contribution in [0.5, 0.6) is 0 Å². The van der Waals surface area contributed by atoms with E-state index in [4.69, 9.17) is 0 Å². The van der Waals surface area contributed by atoms with E-state index in [-0.39, 0.29) is 23.3 Å². The zero-order chi connectivity index (χ0) is 24.6. The van der Waals surface area contributed by atoms with Gasteiger partial charge in [-0.3, -0.25) is 9.59 Å². The second-order valence-corrected chi connectivity index (χ2v) is 8.16. The van der Waals surface area contributed by atoms with Gasteiger partial charge in [-0.25, -0.2) is 18.3 Å². The third-order valence-corrected chi connectivity index (χ3v) is 5.83. The first kappa shape index (κ1) is 23.0. The van der Waals surface area contributed by atoms with Crippen LogP contribution in [0.25, 0.3) is 11.1 Å². The maximum absolute atomic E-state index is 14.8. The van der Waals surface area contributed by atoms with Crippen molar-refractivity contribution in [2.75, 3.05) is 7.05 Å². The molecular weight excluding hydrogens is 442 g/mol. The molecule has 0 unspecified atom stereocenters. The van der Waals surface area contributed by atoms with Crippen molar-refractivity contribution in [3.05, 3.63) is 99.1 Å². The van der Waals surface area contributed by atoms with Gasteiger partial charge < -0.3 is 10.2 Å². The first-order valence-electron chi connectivity index (χ1n) is 10.5. The lowest BCUT2D eigenvalue weighted by Crippen LogP contribution is -2.43. The minimum atomic E-state index is -0.760. The number of nitrogens with zero attached hydrogens (tertiary/aromatic N) is 3. The van der Waals surface area contributed by atoms with E-state index < -0.39 is 29.3 Å². The number of hydrogen-bond donors (Lipinski definition) is 1. The van der Waals surface area contributed by atoms with Crippen molar-refractivity contribution >= 4 is 11.8 Å². The van der Waals surface area contributed by atoms with E-state index in [0.717, 1.165) is 4.68 Å². The summed E-state index contributed by atoms with van der Waals surface area (Å²) in [5, 5.41) is 6.62. The highest BCUT2D eigenvalue weighted by atomic mass is 19.1. The molecule has 0 bridgehead atoms. The Kier molecular flexibility index (Phi) is 6.10. The van der Waals surface area contributed by atoms with Gasteiger partial charge in [-0.1, -0.05) is 12.1 Å². The van der Waals surface area contributed by atoms with E-state index in [1.165, 1.54) is 73.9 Å². The number of hydrogen-bond acceptors (Lipinski definition) is 4. The summed E-state index contributed by atoms with van der Waals surface area (Å²) in [4.78, 5) is 39.3. The van der Waals surface area contributed by atoms with Crippen LogP contribution in [-0.4, -0.2) is 33.5 Å². The molecule has 0 radical (unpaired) electrons. The molecule has 0 saturated carbocycles. The predicted octanol–water partition coefficient (Wildman–Crippen LogP) is 3.43. The van der Waals surface area contributed by atoms with Crippen molar-refractivity contribution in [2.24, 2.45) is 7.05 Å². The maximum atomic E-state index is 14.8. The van der Waals surface area contributed by atoms with Gasteiger partial charge in [-0.15, -0.1) is 0 Å². The second kappa shape index (κ2) is 9.01. The molecule has 1 atom stereocenters. The van der Waals surface area contributed by atoms with Crippen LogP contribution in [0.4, 0.5) is 13.6 Å². The second-order valence-electron chi connectivity index (χ2n) is 8.16. The molecule has 7 nitrogen and oxygen atoms in total. The number of amides is 2. The van der Waals surface area contributed by atoms with Crippen molar-refractivity contribution in [1.29, 1.82) is 0 Å². The molecule has 1 aromatic heterocycles. The average Bonchev–Trinajstić information content (AvgIpc) is 2.80. The monoisotopic (exact) mass is 464 g/mol. The van der Waals surface area contributed by atoms with Gasteiger partial charge in [0.25, 0.3) is 5.56 Å². The fourth-order valence-electron chi connectivity index (χ4n) is 3.90. The van der Waals surface area contributed by atoms with Gasteiger partial charge in [0.1, 0.15) is 11.6 Å². The molecule has 0 spiro atoms. The summed E-state index contributed by atoms with van der Waals surface area (Å²) in [6.45, 7) is 1.68. The molecule has 4 rings (SSSR count). The third kappa shape index (κ3) is 4.36. The Morgan fingerprint density at radius 3 is 2.47 bits per heavy atom. The number of Topliss-reactive ketones (excluding diaryl/α,β-unsaturated/α-hetero) is 1. The molecule has 1 aliphatic rings. The van der Waals surface area contributed by atoms with Crippen LogP contribution in [0.15, 0.2) is 65.2 Å². The maximum Gasteiger partial charge on any atom is 0.321 e. The van der Waals surface area contributed by atoms with E-state index >= 15 is 0 Å².